The van der Waals surface area contributed by atoms with Crippen LogP contribution in [0.15, 0.2) is 64.9 Å². The molecule has 4 aromatic rings. The lowest BCUT2D eigenvalue weighted by molar-refractivity contribution is -0.642. The summed E-state index contributed by atoms with van der Waals surface area (Å²) in [5, 5.41) is 24.6. The molecule has 0 bridgehead atoms. The molecule has 0 saturated heterocycles. The number of anilines is 2. The quantitative estimate of drug-likeness (QED) is 0.0908. The number of aromatic amines is 1. The van der Waals surface area contributed by atoms with Crippen LogP contribution >= 0.6 is 36.4 Å². The van der Waals surface area contributed by atoms with E-state index in [1.165, 1.54) is 20.9 Å². The van der Waals surface area contributed by atoms with Crippen LogP contribution in [0.3, 0.4) is 0 Å². The molecule has 1 aliphatic carbocycles. The standard InChI is InChI=1S/C29H30N6O3S3/c1-33-26-10-9-22(38-17-30-20-5-4-6-21(15-20)34-29(39)31-32-35(34)40)13-19(26)14-25(27(33)28(36)37)24-8-3-2-7-23(24)18-11-12-41-16-18/h4-6,9-13,15-16,25,27,30,40H,2-3,7-8,14,17H2,1H3,(H,36,37)/p+1. The van der Waals surface area contributed by atoms with Gasteiger partial charge in [-0.2, -0.15) is 11.3 Å². The number of tetrazole rings is 1. The van der Waals surface area contributed by atoms with Gasteiger partial charge in [0.25, 0.3) is 0 Å². The number of benzene rings is 2. The maximum Gasteiger partial charge on any atom is 0.327 e. The van der Waals surface area contributed by atoms with Crippen molar-refractivity contribution in [2.45, 2.75) is 38.1 Å². The summed E-state index contributed by atoms with van der Waals surface area (Å²) in [5.41, 5.74) is 7.58. The molecule has 2 aromatic carbocycles. The Hall–Kier alpha value is -3.61. The van der Waals surface area contributed by atoms with Crippen molar-refractivity contribution in [3.05, 3.63) is 80.8 Å². The number of thiol groups is 1. The van der Waals surface area contributed by atoms with Crippen molar-refractivity contribution in [3.63, 3.8) is 0 Å². The van der Waals surface area contributed by atoms with E-state index < -0.39 is 12.0 Å². The summed E-state index contributed by atoms with van der Waals surface area (Å²) in [4.78, 5) is 14.5. The molecule has 41 heavy (non-hydrogen) atoms. The molecule has 12 heteroatoms. The Balaban J connectivity index is 1.22. The molecular weight excluding hydrogens is 577 g/mol. The number of aliphatic carboxylic acids is 1. The first-order chi connectivity index (χ1) is 19.9. The summed E-state index contributed by atoms with van der Waals surface area (Å²) in [7, 11) is 1.90. The number of hydrogen-bond acceptors (Lipinski definition) is 8. The molecule has 0 radical (unpaired) electrons. The summed E-state index contributed by atoms with van der Waals surface area (Å²) in [6.45, 7) is 0.254. The molecule has 212 valence electrons. The van der Waals surface area contributed by atoms with E-state index in [2.05, 4.69) is 51.3 Å². The number of aromatic nitrogens is 4. The van der Waals surface area contributed by atoms with Crippen molar-refractivity contribution in [2.24, 2.45) is 5.92 Å². The molecule has 3 heterocycles. The van der Waals surface area contributed by atoms with Crippen LogP contribution in [0.5, 0.6) is 5.75 Å². The summed E-state index contributed by atoms with van der Waals surface area (Å²) in [5.74, 6) is -0.146. The van der Waals surface area contributed by atoms with Gasteiger partial charge in [-0.3, -0.25) is 0 Å². The number of allylic oxidation sites excluding steroid dienone is 1. The van der Waals surface area contributed by atoms with E-state index in [0.29, 0.717) is 11.2 Å². The fraction of sp³-hybridized carbons (Fsp3) is 0.310. The number of nitrogens with one attached hydrogen (secondary N) is 2. The predicted octanol–water partition coefficient (Wildman–Crippen LogP) is 5.51. The van der Waals surface area contributed by atoms with Gasteiger partial charge in [0.1, 0.15) is 17.0 Å². The second kappa shape index (κ2) is 11.7. The number of carbonyl (C=O) groups is 1. The zero-order chi connectivity index (χ0) is 28.5. The summed E-state index contributed by atoms with van der Waals surface area (Å²) >= 11 is 11.3. The third-order valence-corrected chi connectivity index (χ3v) is 9.18. The molecule has 0 saturated carbocycles. The SMILES string of the molecule is CN1c2ccc(OCNc3cccc(-n4c(=S)[nH]n[n+]4S)c3)cc2CC(C2=C(c3ccsc3)CCCC2)C1C(=O)O. The maximum absolute atomic E-state index is 12.6. The second-order valence-electron chi connectivity index (χ2n) is 10.3. The Kier molecular flexibility index (Phi) is 7.87. The smallest absolute Gasteiger partial charge is 0.327 e. The Bertz CT molecular complexity index is 1660. The minimum atomic E-state index is -0.780. The van der Waals surface area contributed by atoms with E-state index in [-0.39, 0.29) is 12.6 Å². The Morgan fingerprint density at radius 2 is 2.12 bits per heavy atom. The van der Waals surface area contributed by atoms with E-state index >= 15 is 0 Å². The average molecular weight is 608 g/mol. The molecule has 9 nitrogen and oxygen atoms in total. The van der Waals surface area contributed by atoms with Gasteiger partial charge in [-0.1, -0.05) is 11.6 Å². The first-order valence-corrected chi connectivity index (χ1v) is 15.3. The molecule has 0 spiro atoms. The fourth-order valence-electron chi connectivity index (χ4n) is 6.11. The summed E-state index contributed by atoms with van der Waals surface area (Å²) in [6, 6.07) is 15.2. The van der Waals surface area contributed by atoms with Crippen LogP contribution in [0.4, 0.5) is 11.4 Å². The normalized spacial score (nSPS) is 18.7. The predicted molar refractivity (Wildman–Crippen MR) is 166 cm³/mol. The number of hydrogen-bond donors (Lipinski definition) is 4. The number of carboxylic acid groups (broad SMARTS) is 1. The van der Waals surface area contributed by atoms with Gasteiger partial charge in [0.05, 0.1) is 18.5 Å². The number of thiophene rings is 1. The van der Waals surface area contributed by atoms with Crippen molar-refractivity contribution < 1.29 is 18.8 Å². The monoisotopic (exact) mass is 607 g/mol. The first-order valence-electron chi connectivity index (χ1n) is 13.5. The molecule has 2 aromatic heterocycles. The van der Waals surface area contributed by atoms with Gasteiger partial charge < -0.3 is 20.1 Å². The van der Waals surface area contributed by atoms with Crippen molar-refractivity contribution in [1.82, 2.24) is 15.0 Å². The van der Waals surface area contributed by atoms with E-state index in [1.54, 1.807) is 16.0 Å². The number of rotatable bonds is 8. The lowest BCUT2D eigenvalue weighted by atomic mass is 9.74. The number of nitrogens with zero attached hydrogens (tertiary/aromatic N) is 4. The van der Waals surface area contributed by atoms with E-state index in [0.717, 1.165) is 54.1 Å². The zero-order valence-corrected chi connectivity index (χ0v) is 25.0. The van der Waals surface area contributed by atoms with Gasteiger partial charge >= 0.3 is 10.7 Å². The van der Waals surface area contributed by atoms with Gasteiger partial charge in [-0.25, -0.2) is 4.79 Å². The Morgan fingerprint density at radius 3 is 2.88 bits per heavy atom. The fourth-order valence-corrected chi connectivity index (χ4v) is 7.31. The molecule has 0 amide bonds. The molecule has 0 fully saturated rings. The number of fused-ring (bicyclic) bond motifs is 1. The van der Waals surface area contributed by atoms with Crippen LogP contribution in [-0.2, 0) is 11.2 Å². The average Bonchev–Trinajstić information content (AvgIpc) is 3.62. The zero-order valence-electron chi connectivity index (χ0n) is 22.5. The molecule has 1 aliphatic heterocycles. The van der Waals surface area contributed by atoms with Gasteiger partial charge in [0.2, 0.25) is 0 Å². The lowest BCUT2D eigenvalue weighted by Crippen LogP contribution is -2.49. The number of carboxylic acids is 1. The number of likely N-dealkylation sites (N-methyl/N-ethyl adjacent to an activating group) is 1. The first kappa shape index (κ1) is 27.6. The highest BCUT2D eigenvalue weighted by Crippen LogP contribution is 2.44. The second-order valence-corrected chi connectivity index (χ2v) is 11.9. The van der Waals surface area contributed by atoms with Crippen molar-refractivity contribution in [2.75, 3.05) is 24.0 Å². The highest BCUT2D eigenvalue weighted by atomic mass is 32.1. The summed E-state index contributed by atoms with van der Waals surface area (Å²) < 4.78 is 9.54. The van der Waals surface area contributed by atoms with Crippen LogP contribution in [0, 0.1) is 10.7 Å². The Labute approximate surface area is 252 Å². The third-order valence-electron chi connectivity index (χ3n) is 7.96. The molecule has 2 atom stereocenters. The van der Waals surface area contributed by atoms with Crippen molar-refractivity contribution in [1.29, 1.82) is 0 Å². The molecular formula is C29H31N6O3S3+. The van der Waals surface area contributed by atoms with Gasteiger partial charge in [0.15, 0.2) is 6.73 Å². The molecule has 6 rings (SSSR count). The maximum atomic E-state index is 12.6. The topological polar surface area (TPSA) is 99.3 Å². The highest BCUT2D eigenvalue weighted by Gasteiger charge is 2.40. The van der Waals surface area contributed by atoms with Crippen LogP contribution in [0.25, 0.3) is 11.3 Å². The third kappa shape index (κ3) is 5.51. The number of H-pyrrole nitrogens is 1. The van der Waals surface area contributed by atoms with E-state index in [1.807, 2.05) is 48.3 Å². The van der Waals surface area contributed by atoms with Gasteiger partial charge in [0, 0.05) is 28.5 Å². The summed E-state index contributed by atoms with van der Waals surface area (Å²) in [6.07, 6.45) is 4.85. The molecule has 2 aliphatic rings. The van der Waals surface area contributed by atoms with Crippen LogP contribution < -0.4 is 19.2 Å². The van der Waals surface area contributed by atoms with E-state index in [4.69, 9.17) is 17.0 Å². The lowest BCUT2D eigenvalue weighted by Gasteiger charge is -2.42. The number of ether oxygens (including phenoxy) is 1. The molecule has 2 unspecified atom stereocenters. The largest absolute Gasteiger partial charge is 0.480 e. The van der Waals surface area contributed by atoms with Crippen molar-refractivity contribution >= 4 is 59.3 Å². The minimum Gasteiger partial charge on any atom is -0.480 e. The van der Waals surface area contributed by atoms with E-state index in [9.17, 15) is 9.90 Å². The van der Waals surface area contributed by atoms with Gasteiger partial charge in [-0.05, 0) is 114 Å². The van der Waals surface area contributed by atoms with Crippen LogP contribution in [-0.4, -0.2) is 45.9 Å². The highest BCUT2D eigenvalue weighted by molar-refractivity contribution is 7.73. The van der Waals surface area contributed by atoms with Crippen molar-refractivity contribution in [3.8, 4) is 11.4 Å². The van der Waals surface area contributed by atoms with Crippen LogP contribution in [0.2, 0.25) is 0 Å². The molecule has 3 N–H and O–H groups in total. The minimum absolute atomic E-state index is 0.0967. The van der Waals surface area contributed by atoms with Crippen LogP contribution in [0.1, 0.15) is 36.8 Å². The Morgan fingerprint density at radius 1 is 1.27 bits per heavy atom. The van der Waals surface area contributed by atoms with Gasteiger partial charge in [-0.15, -0.1) is 9.78 Å².